The molecule has 10 nitrogen and oxygen atoms in total. The zero-order valence-corrected chi connectivity index (χ0v) is 16.5. The minimum Gasteiger partial charge on any atom is -0.494 e. The second-order valence-corrected chi connectivity index (χ2v) is 8.43. The van der Waals surface area contributed by atoms with Gasteiger partial charge in [0.1, 0.15) is 5.65 Å². The first kappa shape index (κ1) is 18.9. The summed E-state index contributed by atoms with van der Waals surface area (Å²) in [7, 11) is 0. The monoisotopic (exact) mass is 397 g/mol. The van der Waals surface area contributed by atoms with E-state index in [4.69, 9.17) is 0 Å². The summed E-state index contributed by atoms with van der Waals surface area (Å²) in [6.45, 7) is 6.38. The third kappa shape index (κ3) is 3.91. The molecule has 1 saturated carbocycles. The minimum atomic E-state index is -0.673. The van der Waals surface area contributed by atoms with Crippen molar-refractivity contribution < 1.29 is 9.90 Å². The maximum atomic E-state index is 13.0. The summed E-state index contributed by atoms with van der Waals surface area (Å²) in [6, 6.07) is 5.12. The van der Waals surface area contributed by atoms with Crippen molar-refractivity contribution in [2.75, 3.05) is 5.32 Å². The Bertz CT molecular complexity index is 1120. The number of nitrogens with zero attached hydrogens (tertiary/aromatic N) is 5. The smallest absolute Gasteiger partial charge is 0.291 e. The lowest BCUT2D eigenvalue weighted by atomic mass is 9.96. The summed E-state index contributed by atoms with van der Waals surface area (Å²) in [5, 5.41) is 28.6. The number of aromatic hydroxyl groups is 1. The molecular weight excluding hydrogens is 374 g/mol. The standard InChI is InChI=1S/C19H23N7O3/c1-19(2,3)10-25-14-9-13(22-12-5-4-8-20-23-12)24-26(14)18(29)15(17(25)28)16(27)21-11-6-7-11/h4-5,8-9,11,28H,6-7,10H2,1-3H3,(H,21,27)(H,22,23,24). The highest BCUT2D eigenvalue weighted by Gasteiger charge is 2.30. The number of amides is 1. The zero-order valence-electron chi connectivity index (χ0n) is 16.5. The van der Waals surface area contributed by atoms with E-state index < -0.39 is 11.5 Å². The van der Waals surface area contributed by atoms with Crippen LogP contribution in [0.3, 0.4) is 0 Å². The van der Waals surface area contributed by atoms with Gasteiger partial charge in [0.05, 0.1) is 0 Å². The molecule has 1 aliphatic carbocycles. The average Bonchev–Trinajstić information content (AvgIpc) is 3.35. The van der Waals surface area contributed by atoms with Crippen molar-refractivity contribution >= 4 is 23.2 Å². The Hall–Kier alpha value is -3.43. The fraction of sp³-hybridized carbons (Fsp3) is 0.421. The predicted molar refractivity (Wildman–Crippen MR) is 106 cm³/mol. The van der Waals surface area contributed by atoms with Gasteiger partial charge in [-0.05, 0) is 30.4 Å². The van der Waals surface area contributed by atoms with E-state index in [1.165, 1.54) is 4.57 Å². The van der Waals surface area contributed by atoms with E-state index in [-0.39, 0.29) is 22.9 Å². The molecule has 0 bridgehead atoms. The third-order valence-corrected chi connectivity index (χ3v) is 4.45. The van der Waals surface area contributed by atoms with E-state index in [0.717, 1.165) is 17.4 Å². The van der Waals surface area contributed by atoms with Crippen molar-refractivity contribution in [3.8, 4) is 5.88 Å². The highest BCUT2D eigenvalue weighted by atomic mass is 16.3. The lowest BCUT2D eigenvalue weighted by molar-refractivity contribution is 0.0944. The minimum absolute atomic E-state index is 0.0552. The number of hydrogen-bond donors (Lipinski definition) is 3. The molecule has 152 valence electrons. The number of nitrogens with one attached hydrogen (secondary N) is 2. The first-order valence-corrected chi connectivity index (χ1v) is 9.44. The SMILES string of the molecule is CC(C)(C)Cn1c(O)c(C(=O)NC2CC2)c(=O)n2nc(Nc3cccnn3)cc12. The molecule has 3 heterocycles. The molecule has 1 aliphatic rings. The van der Waals surface area contributed by atoms with Crippen LogP contribution in [0.15, 0.2) is 29.2 Å². The molecule has 0 spiro atoms. The molecule has 29 heavy (non-hydrogen) atoms. The maximum absolute atomic E-state index is 13.0. The quantitative estimate of drug-likeness (QED) is 0.598. The summed E-state index contributed by atoms with van der Waals surface area (Å²) >= 11 is 0. The normalized spacial score (nSPS) is 14.2. The molecule has 0 aromatic carbocycles. The first-order chi connectivity index (χ1) is 13.7. The number of carbonyl (C=O) groups is 1. The van der Waals surface area contributed by atoms with Crippen molar-refractivity contribution in [1.82, 2.24) is 29.7 Å². The van der Waals surface area contributed by atoms with Gasteiger partial charge in [-0.15, -0.1) is 10.2 Å². The number of rotatable bonds is 5. The van der Waals surface area contributed by atoms with Crippen LogP contribution >= 0.6 is 0 Å². The molecule has 3 aromatic heterocycles. The molecule has 3 N–H and O–H groups in total. The first-order valence-electron chi connectivity index (χ1n) is 9.44. The van der Waals surface area contributed by atoms with Crippen molar-refractivity contribution in [3.63, 3.8) is 0 Å². The fourth-order valence-corrected chi connectivity index (χ4v) is 3.03. The Morgan fingerprint density at radius 3 is 2.69 bits per heavy atom. The van der Waals surface area contributed by atoms with Gasteiger partial charge >= 0.3 is 0 Å². The van der Waals surface area contributed by atoms with Gasteiger partial charge in [-0.1, -0.05) is 20.8 Å². The van der Waals surface area contributed by atoms with Gasteiger partial charge in [0.2, 0.25) is 5.88 Å². The van der Waals surface area contributed by atoms with E-state index in [9.17, 15) is 14.7 Å². The van der Waals surface area contributed by atoms with E-state index in [1.54, 1.807) is 24.4 Å². The average molecular weight is 397 g/mol. The Labute approximate surface area is 166 Å². The van der Waals surface area contributed by atoms with Crippen molar-refractivity contribution in [2.24, 2.45) is 5.41 Å². The third-order valence-electron chi connectivity index (χ3n) is 4.45. The van der Waals surface area contributed by atoms with Crippen molar-refractivity contribution in [1.29, 1.82) is 0 Å². The number of aromatic nitrogens is 5. The highest BCUT2D eigenvalue weighted by Crippen LogP contribution is 2.27. The second kappa shape index (κ2) is 6.87. The van der Waals surface area contributed by atoms with Crippen LogP contribution in [0.4, 0.5) is 11.6 Å². The Morgan fingerprint density at radius 1 is 1.31 bits per heavy atom. The summed E-state index contributed by atoms with van der Waals surface area (Å²) in [5.41, 5.74) is -0.826. The van der Waals surface area contributed by atoms with E-state index in [2.05, 4.69) is 25.9 Å². The molecular formula is C19H23N7O3. The van der Waals surface area contributed by atoms with E-state index >= 15 is 0 Å². The largest absolute Gasteiger partial charge is 0.494 e. The van der Waals surface area contributed by atoms with Crippen LogP contribution < -0.4 is 16.2 Å². The molecule has 4 rings (SSSR count). The molecule has 3 aromatic rings. The molecule has 0 saturated heterocycles. The summed E-state index contributed by atoms with van der Waals surface area (Å²) in [6.07, 6.45) is 3.29. The van der Waals surface area contributed by atoms with Crippen molar-refractivity contribution in [2.45, 2.75) is 46.2 Å². The molecule has 0 atom stereocenters. The molecule has 0 aliphatic heterocycles. The molecule has 1 fully saturated rings. The van der Waals surface area contributed by atoms with Crippen LogP contribution in [-0.4, -0.2) is 41.4 Å². The summed E-state index contributed by atoms with van der Waals surface area (Å²) in [5.74, 6) is -0.133. The number of hydrogen-bond acceptors (Lipinski definition) is 7. The van der Waals surface area contributed by atoms with Crippen LogP contribution in [-0.2, 0) is 6.54 Å². The van der Waals surface area contributed by atoms with Gasteiger partial charge in [0.25, 0.3) is 11.5 Å². The molecule has 0 radical (unpaired) electrons. The summed E-state index contributed by atoms with van der Waals surface area (Å²) < 4.78 is 2.67. The number of anilines is 2. The van der Waals surface area contributed by atoms with Gasteiger partial charge in [0.15, 0.2) is 17.2 Å². The van der Waals surface area contributed by atoms with Crippen LogP contribution in [0.5, 0.6) is 5.88 Å². The Kier molecular flexibility index (Phi) is 4.48. The topological polar surface area (TPSA) is 126 Å². The van der Waals surface area contributed by atoms with Crippen LogP contribution in [0, 0.1) is 5.41 Å². The lowest BCUT2D eigenvalue weighted by Crippen LogP contribution is -2.35. The Morgan fingerprint density at radius 2 is 2.07 bits per heavy atom. The van der Waals surface area contributed by atoms with Gasteiger partial charge in [-0.3, -0.25) is 14.2 Å². The summed E-state index contributed by atoms with van der Waals surface area (Å²) in [4.78, 5) is 25.6. The fourth-order valence-electron chi connectivity index (χ4n) is 3.03. The van der Waals surface area contributed by atoms with E-state index in [0.29, 0.717) is 23.8 Å². The van der Waals surface area contributed by atoms with Gasteiger partial charge < -0.3 is 15.7 Å². The lowest BCUT2D eigenvalue weighted by Gasteiger charge is -2.23. The molecule has 1 amide bonds. The van der Waals surface area contributed by atoms with Crippen LogP contribution in [0.1, 0.15) is 44.0 Å². The van der Waals surface area contributed by atoms with Crippen molar-refractivity contribution in [3.05, 3.63) is 40.3 Å². The second-order valence-electron chi connectivity index (χ2n) is 8.43. The maximum Gasteiger partial charge on any atom is 0.291 e. The zero-order chi connectivity index (χ0) is 20.8. The number of carbonyl (C=O) groups excluding carboxylic acids is 1. The Balaban J connectivity index is 1.85. The van der Waals surface area contributed by atoms with E-state index in [1.807, 2.05) is 20.8 Å². The van der Waals surface area contributed by atoms with Crippen LogP contribution in [0.25, 0.3) is 5.65 Å². The van der Waals surface area contributed by atoms with Gasteiger partial charge in [-0.25, -0.2) is 0 Å². The van der Waals surface area contributed by atoms with Gasteiger partial charge in [0, 0.05) is 24.8 Å². The predicted octanol–water partition coefficient (Wildman–Crippen LogP) is 1.67. The highest BCUT2D eigenvalue weighted by molar-refractivity contribution is 5.96. The molecule has 10 heteroatoms. The number of fused-ring (bicyclic) bond motifs is 1. The van der Waals surface area contributed by atoms with Gasteiger partial charge in [-0.2, -0.15) is 9.61 Å². The molecule has 0 unspecified atom stereocenters. The van der Waals surface area contributed by atoms with Crippen LogP contribution in [0.2, 0.25) is 0 Å².